The number of rotatable bonds is 2. The largest absolute Gasteiger partial charge is 0.343 e. The minimum atomic E-state index is -0.336. The van der Waals surface area contributed by atoms with Crippen LogP contribution in [-0.4, -0.2) is 38.7 Å². The first-order valence-corrected chi connectivity index (χ1v) is 4.65. The van der Waals surface area contributed by atoms with Gasteiger partial charge in [0.15, 0.2) is 0 Å². The summed E-state index contributed by atoms with van der Waals surface area (Å²) in [6.07, 6.45) is 3.40. The van der Waals surface area contributed by atoms with Crippen molar-refractivity contribution >= 4 is 5.91 Å². The van der Waals surface area contributed by atoms with E-state index < -0.39 is 0 Å². The molecule has 0 unspecified atom stereocenters. The van der Waals surface area contributed by atoms with Crippen molar-refractivity contribution in [1.29, 1.82) is 0 Å². The van der Waals surface area contributed by atoms with E-state index in [1.807, 2.05) is 0 Å². The molecule has 1 aliphatic rings. The molecule has 0 atom stereocenters. The number of carbonyl (C=O) groups excluding carboxylic acids is 1. The third kappa shape index (κ3) is 1.68. The van der Waals surface area contributed by atoms with Crippen LogP contribution in [0.25, 0.3) is 0 Å². The van der Waals surface area contributed by atoms with Crippen LogP contribution in [0.4, 0.5) is 0 Å². The summed E-state index contributed by atoms with van der Waals surface area (Å²) in [5, 5.41) is 3.73. The second-order valence-corrected chi connectivity index (χ2v) is 3.34. The van der Waals surface area contributed by atoms with Gasteiger partial charge >= 0.3 is 5.69 Å². The molecule has 0 radical (unpaired) electrons. The Morgan fingerprint density at radius 1 is 1.50 bits per heavy atom. The van der Waals surface area contributed by atoms with Crippen molar-refractivity contribution in [2.45, 2.75) is 19.4 Å². The molecule has 0 saturated carbocycles. The van der Waals surface area contributed by atoms with E-state index in [4.69, 9.17) is 0 Å². The van der Waals surface area contributed by atoms with Crippen molar-refractivity contribution in [2.75, 3.05) is 13.1 Å². The maximum atomic E-state index is 11.6. The first-order valence-electron chi connectivity index (χ1n) is 4.65. The van der Waals surface area contributed by atoms with Crippen LogP contribution in [-0.2, 0) is 11.3 Å². The smallest absolute Gasteiger partial charge is 0.341 e. The van der Waals surface area contributed by atoms with E-state index in [-0.39, 0.29) is 18.1 Å². The molecule has 6 heteroatoms. The Morgan fingerprint density at radius 3 is 2.79 bits per heavy atom. The molecular formula is C8H12N4O2. The molecule has 1 aromatic heterocycles. The molecule has 1 N–H and O–H groups in total. The lowest BCUT2D eigenvalue weighted by atomic mass is 10.4. The van der Waals surface area contributed by atoms with Gasteiger partial charge in [-0.05, 0) is 12.8 Å². The molecule has 0 aliphatic carbocycles. The van der Waals surface area contributed by atoms with Gasteiger partial charge in [-0.25, -0.2) is 9.48 Å². The summed E-state index contributed by atoms with van der Waals surface area (Å²) in [5.74, 6) is -0.0308. The first-order chi connectivity index (χ1) is 6.77. The summed E-state index contributed by atoms with van der Waals surface area (Å²) in [7, 11) is 0. The highest BCUT2D eigenvalue weighted by Crippen LogP contribution is 2.07. The Balaban J connectivity index is 2.01. The fourth-order valence-corrected chi connectivity index (χ4v) is 1.59. The van der Waals surface area contributed by atoms with E-state index in [0.29, 0.717) is 0 Å². The normalized spacial score (nSPS) is 16.1. The molecule has 0 spiro atoms. The standard InChI is InChI=1S/C8H12N4O2/c13-7(11-3-1-2-4-11)5-12-8(14)9-6-10-12/h6H,1-5H2,(H,9,10,14). The van der Waals surface area contributed by atoms with Crippen LogP contribution >= 0.6 is 0 Å². The number of amides is 1. The molecule has 0 bridgehead atoms. The molecule has 1 saturated heterocycles. The molecule has 1 aromatic rings. The molecule has 1 amide bonds. The average Bonchev–Trinajstić information content (AvgIpc) is 2.77. The quantitative estimate of drug-likeness (QED) is 0.672. The van der Waals surface area contributed by atoms with E-state index >= 15 is 0 Å². The van der Waals surface area contributed by atoms with Gasteiger partial charge in [-0.1, -0.05) is 0 Å². The lowest BCUT2D eigenvalue weighted by Crippen LogP contribution is -2.34. The van der Waals surface area contributed by atoms with Crippen molar-refractivity contribution in [2.24, 2.45) is 0 Å². The molecule has 1 fully saturated rings. The van der Waals surface area contributed by atoms with E-state index in [1.54, 1.807) is 4.90 Å². The third-order valence-corrected chi connectivity index (χ3v) is 2.36. The van der Waals surface area contributed by atoms with Gasteiger partial charge < -0.3 is 4.90 Å². The molecule has 14 heavy (non-hydrogen) atoms. The monoisotopic (exact) mass is 196 g/mol. The van der Waals surface area contributed by atoms with Crippen molar-refractivity contribution in [1.82, 2.24) is 19.7 Å². The number of likely N-dealkylation sites (tertiary alicyclic amines) is 1. The highest BCUT2D eigenvalue weighted by atomic mass is 16.2. The van der Waals surface area contributed by atoms with Crippen molar-refractivity contribution in [3.8, 4) is 0 Å². The minimum Gasteiger partial charge on any atom is -0.341 e. The number of hydrogen-bond acceptors (Lipinski definition) is 3. The Morgan fingerprint density at radius 2 is 2.21 bits per heavy atom. The van der Waals surface area contributed by atoms with Crippen molar-refractivity contribution in [3.63, 3.8) is 0 Å². The molecule has 0 aromatic carbocycles. The SMILES string of the molecule is O=C(Cn1nc[nH]c1=O)N1CCCC1. The fraction of sp³-hybridized carbons (Fsp3) is 0.625. The van der Waals surface area contributed by atoms with Crippen LogP contribution in [0, 0.1) is 0 Å². The second kappa shape index (κ2) is 3.65. The second-order valence-electron chi connectivity index (χ2n) is 3.34. The van der Waals surface area contributed by atoms with E-state index in [0.717, 1.165) is 30.6 Å². The lowest BCUT2D eigenvalue weighted by molar-refractivity contribution is -0.131. The number of hydrogen-bond donors (Lipinski definition) is 1. The van der Waals surface area contributed by atoms with Crippen LogP contribution in [0.1, 0.15) is 12.8 Å². The third-order valence-electron chi connectivity index (χ3n) is 2.36. The van der Waals surface area contributed by atoms with Crippen molar-refractivity contribution in [3.05, 3.63) is 16.8 Å². The van der Waals surface area contributed by atoms with Crippen molar-refractivity contribution < 1.29 is 4.79 Å². The zero-order chi connectivity index (χ0) is 9.97. The molecule has 2 heterocycles. The van der Waals surface area contributed by atoms with Crippen LogP contribution < -0.4 is 5.69 Å². The Bertz CT molecular complexity index is 375. The van der Waals surface area contributed by atoms with Gasteiger partial charge in [0, 0.05) is 13.1 Å². The molecule has 1 aliphatic heterocycles. The summed E-state index contributed by atoms with van der Waals surface area (Å²) < 4.78 is 1.14. The van der Waals surface area contributed by atoms with Gasteiger partial charge in [-0.2, -0.15) is 5.10 Å². The zero-order valence-corrected chi connectivity index (χ0v) is 7.77. The molecule has 2 rings (SSSR count). The van der Waals surface area contributed by atoms with Crippen LogP contribution in [0.2, 0.25) is 0 Å². The van der Waals surface area contributed by atoms with E-state index in [1.165, 1.54) is 6.33 Å². The Hall–Kier alpha value is -1.59. The van der Waals surface area contributed by atoms with E-state index in [9.17, 15) is 9.59 Å². The highest BCUT2D eigenvalue weighted by molar-refractivity contribution is 5.76. The van der Waals surface area contributed by atoms with Gasteiger partial charge in [0.25, 0.3) is 0 Å². The Kier molecular flexibility index (Phi) is 2.34. The maximum Gasteiger partial charge on any atom is 0.343 e. The summed E-state index contributed by atoms with van der Waals surface area (Å²) in [4.78, 5) is 26.8. The Labute approximate surface area is 80.5 Å². The number of nitrogens with zero attached hydrogens (tertiary/aromatic N) is 3. The van der Waals surface area contributed by atoms with Crippen LogP contribution in [0.3, 0.4) is 0 Å². The zero-order valence-electron chi connectivity index (χ0n) is 7.77. The van der Waals surface area contributed by atoms with Crippen LogP contribution in [0.5, 0.6) is 0 Å². The van der Waals surface area contributed by atoms with Gasteiger partial charge in [-0.3, -0.25) is 9.78 Å². The number of aromatic amines is 1. The van der Waals surface area contributed by atoms with Gasteiger partial charge in [0.1, 0.15) is 12.9 Å². The summed E-state index contributed by atoms with van der Waals surface area (Å²) >= 11 is 0. The van der Waals surface area contributed by atoms with E-state index in [2.05, 4.69) is 10.1 Å². The summed E-state index contributed by atoms with van der Waals surface area (Å²) in [6, 6.07) is 0. The number of nitrogens with one attached hydrogen (secondary N) is 1. The van der Waals surface area contributed by atoms with Gasteiger partial charge in [0.2, 0.25) is 5.91 Å². The summed E-state index contributed by atoms with van der Waals surface area (Å²) in [5.41, 5.74) is -0.336. The topological polar surface area (TPSA) is 71.0 Å². The number of H-pyrrole nitrogens is 1. The maximum absolute atomic E-state index is 11.6. The molecule has 6 nitrogen and oxygen atoms in total. The molecular weight excluding hydrogens is 184 g/mol. The predicted molar refractivity (Wildman–Crippen MR) is 48.7 cm³/mol. The lowest BCUT2D eigenvalue weighted by Gasteiger charge is -2.14. The molecule has 76 valence electrons. The van der Waals surface area contributed by atoms with Gasteiger partial charge in [-0.15, -0.1) is 0 Å². The number of aromatic nitrogens is 3. The minimum absolute atomic E-state index is 0.0308. The van der Waals surface area contributed by atoms with Gasteiger partial charge in [0.05, 0.1) is 0 Å². The predicted octanol–water partition coefficient (Wildman–Crippen LogP) is -0.806. The highest BCUT2D eigenvalue weighted by Gasteiger charge is 2.18. The number of carbonyl (C=O) groups is 1. The summed E-state index contributed by atoms with van der Waals surface area (Å²) in [6.45, 7) is 1.65. The average molecular weight is 196 g/mol. The fourth-order valence-electron chi connectivity index (χ4n) is 1.59. The first kappa shape index (κ1) is 8.98. The van der Waals surface area contributed by atoms with Crippen LogP contribution in [0.15, 0.2) is 11.1 Å².